The first-order valence-corrected chi connectivity index (χ1v) is 2.89. The van der Waals surface area contributed by atoms with Crippen molar-refractivity contribution in [2.24, 2.45) is 0 Å². The van der Waals surface area contributed by atoms with Gasteiger partial charge in [0.15, 0.2) is 0 Å². The maximum Gasteiger partial charge on any atom is 0.00127 e. The molecule has 2 heteroatoms. The van der Waals surface area contributed by atoms with Crippen LogP contribution in [0.5, 0.6) is 0 Å². The third-order valence-corrected chi connectivity index (χ3v) is 0.667. The molecule has 0 aromatic heterocycles. The molecule has 1 N–H and O–H groups in total. The standard InChI is InChI=1S/C6H15N.Pb/c1-5(2)7-6(3)4;/h5-7H,1-4H3;. The minimum absolute atomic E-state index is 0. The third kappa shape index (κ3) is 9.99. The molecule has 0 atom stereocenters. The maximum atomic E-state index is 3.31. The van der Waals surface area contributed by atoms with Crippen LogP contribution in [-0.2, 0) is 0 Å². The monoisotopic (exact) mass is 309 g/mol. The summed E-state index contributed by atoms with van der Waals surface area (Å²) in [6.45, 7) is 8.61. The second-order valence-electron chi connectivity index (χ2n) is 2.48. The Morgan fingerprint density at radius 2 is 1.12 bits per heavy atom. The van der Waals surface area contributed by atoms with Crippen LogP contribution in [0, 0.1) is 0 Å². The molecular formula is C6H15NPb. The zero-order valence-electron chi connectivity index (χ0n) is 6.15. The molecule has 1 nitrogen and oxygen atoms in total. The van der Waals surface area contributed by atoms with Crippen molar-refractivity contribution < 1.29 is 0 Å². The molecule has 0 aliphatic carbocycles. The van der Waals surface area contributed by atoms with E-state index in [0.717, 1.165) is 0 Å². The molecular weight excluding hydrogens is 293 g/mol. The van der Waals surface area contributed by atoms with Gasteiger partial charge >= 0.3 is 0 Å². The van der Waals surface area contributed by atoms with Gasteiger partial charge in [0.25, 0.3) is 0 Å². The van der Waals surface area contributed by atoms with E-state index in [-0.39, 0.29) is 27.3 Å². The second kappa shape index (κ2) is 6.01. The predicted octanol–water partition coefficient (Wildman–Crippen LogP) is 1.01. The molecule has 0 unspecified atom stereocenters. The summed E-state index contributed by atoms with van der Waals surface area (Å²) in [4.78, 5) is 0. The largest absolute Gasteiger partial charge is 0.312 e. The van der Waals surface area contributed by atoms with E-state index < -0.39 is 0 Å². The molecule has 48 valence electrons. The Morgan fingerprint density at radius 1 is 0.875 bits per heavy atom. The Balaban J connectivity index is 0. The van der Waals surface area contributed by atoms with E-state index in [1.54, 1.807) is 0 Å². The number of rotatable bonds is 2. The van der Waals surface area contributed by atoms with Gasteiger partial charge in [-0.2, -0.15) is 0 Å². The van der Waals surface area contributed by atoms with Gasteiger partial charge in [-0.25, -0.2) is 0 Å². The van der Waals surface area contributed by atoms with Crippen LogP contribution in [0.1, 0.15) is 27.7 Å². The van der Waals surface area contributed by atoms with Gasteiger partial charge in [0.1, 0.15) is 0 Å². The fourth-order valence-corrected chi connectivity index (χ4v) is 0.667. The van der Waals surface area contributed by atoms with E-state index >= 15 is 0 Å². The number of hydrogen-bond donors (Lipinski definition) is 1. The molecule has 8 heavy (non-hydrogen) atoms. The summed E-state index contributed by atoms with van der Waals surface area (Å²) < 4.78 is 0. The summed E-state index contributed by atoms with van der Waals surface area (Å²) in [5.41, 5.74) is 0. The first-order chi connectivity index (χ1) is 3.13. The Labute approximate surface area is 72.4 Å². The van der Waals surface area contributed by atoms with Crippen molar-refractivity contribution in [3.63, 3.8) is 0 Å². The quantitative estimate of drug-likeness (QED) is 0.751. The molecule has 0 fully saturated rings. The molecule has 0 saturated carbocycles. The zero-order chi connectivity index (χ0) is 5.86. The van der Waals surface area contributed by atoms with E-state index in [1.807, 2.05) is 0 Å². The fraction of sp³-hybridized carbons (Fsp3) is 1.00. The maximum absolute atomic E-state index is 3.31. The van der Waals surface area contributed by atoms with Crippen LogP contribution in [0.15, 0.2) is 0 Å². The van der Waals surface area contributed by atoms with Gasteiger partial charge in [-0.15, -0.1) is 0 Å². The van der Waals surface area contributed by atoms with Gasteiger partial charge in [0.2, 0.25) is 0 Å². The summed E-state index contributed by atoms with van der Waals surface area (Å²) in [7, 11) is 0. The Kier molecular flexibility index (Phi) is 8.75. The van der Waals surface area contributed by atoms with Crippen molar-refractivity contribution in [3.05, 3.63) is 0 Å². The molecule has 0 amide bonds. The van der Waals surface area contributed by atoms with Crippen molar-refractivity contribution in [1.82, 2.24) is 5.32 Å². The smallest absolute Gasteiger partial charge is 0.00127 e. The average molecular weight is 308 g/mol. The van der Waals surface area contributed by atoms with E-state index in [4.69, 9.17) is 0 Å². The van der Waals surface area contributed by atoms with Crippen LogP contribution in [-0.4, -0.2) is 39.4 Å². The Hall–Kier alpha value is 0.882. The van der Waals surface area contributed by atoms with Crippen molar-refractivity contribution in [2.75, 3.05) is 0 Å². The SMILES string of the molecule is CC(C)NC(C)C.[Pb]. The van der Waals surface area contributed by atoms with E-state index in [9.17, 15) is 0 Å². The normalized spacial score (nSPS) is 9.75. The summed E-state index contributed by atoms with van der Waals surface area (Å²) in [5.74, 6) is 0. The van der Waals surface area contributed by atoms with E-state index in [1.165, 1.54) is 0 Å². The molecule has 0 aliphatic rings. The molecule has 0 rings (SSSR count). The van der Waals surface area contributed by atoms with Crippen molar-refractivity contribution in [1.29, 1.82) is 0 Å². The minimum Gasteiger partial charge on any atom is -0.312 e. The van der Waals surface area contributed by atoms with Crippen LogP contribution in [0.25, 0.3) is 0 Å². The predicted molar refractivity (Wildman–Crippen MR) is 39.2 cm³/mol. The van der Waals surface area contributed by atoms with Gasteiger partial charge in [-0.3, -0.25) is 0 Å². The van der Waals surface area contributed by atoms with Crippen LogP contribution in [0.4, 0.5) is 0 Å². The van der Waals surface area contributed by atoms with Crippen LogP contribution in [0.2, 0.25) is 0 Å². The first-order valence-electron chi connectivity index (χ1n) is 2.89. The summed E-state index contributed by atoms with van der Waals surface area (Å²) >= 11 is 0. The first kappa shape index (κ1) is 11.7. The van der Waals surface area contributed by atoms with Crippen LogP contribution < -0.4 is 5.32 Å². The molecule has 0 aromatic carbocycles. The van der Waals surface area contributed by atoms with Gasteiger partial charge < -0.3 is 5.32 Å². The fourth-order valence-electron chi connectivity index (χ4n) is 0.667. The summed E-state index contributed by atoms with van der Waals surface area (Å²) in [5, 5.41) is 3.31. The van der Waals surface area contributed by atoms with E-state index in [2.05, 4.69) is 33.0 Å². The van der Waals surface area contributed by atoms with Gasteiger partial charge in [0, 0.05) is 39.4 Å². The van der Waals surface area contributed by atoms with Crippen LogP contribution in [0.3, 0.4) is 0 Å². The molecule has 0 saturated heterocycles. The van der Waals surface area contributed by atoms with Gasteiger partial charge in [-0.05, 0) is 0 Å². The second-order valence-corrected chi connectivity index (χ2v) is 2.48. The molecule has 0 heterocycles. The third-order valence-electron chi connectivity index (χ3n) is 0.667. The minimum atomic E-state index is 0. The van der Waals surface area contributed by atoms with Gasteiger partial charge in [-0.1, -0.05) is 27.7 Å². The van der Waals surface area contributed by atoms with Crippen LogP contribution >= 0.6 is 0 Å². The van der Waals surface area contributed by atoms with Crippen molar-refractivity contribution in [3.8, 4) is 0 Å². The van der Waals surface area contributed by atoms with Crippen molar-refractivity contribution in [2.45, 2.75) is 39.8 Å². The average Bonchev–Trinajstić information content (AvgIpc) is 1.27. The Bertz CT molecular complexity index is 37.8. The van der Waals surface area contributed by atoms with E-state index in [0.29, 0.717) is 12.1 Å². The summed E-state index contributed by atoms with van der Waals surface area (Å²) in [6.07, 6.45) is 0. The molecule has 0 aliphatic heterocycles. The Morgan fingerprint density at radius 3 is 1.12 bits per heavy atom. The number of hydrogen-bond acceptors (Lipinski definition) is 1. The van der Waals surface area contributed by atoms with Gasteiger partial charge in [0.05, 0.1) is 0 Å². The number of nitrogens with one attached hydrogen (secondary N) is 1. The summed E-state index contributed by atoms with van der Waals surface area (Å²) in [6, 6.07) is 1.25. The molecule has 0 aromatic rings. The van der Waals surface area contributed by atoms with Crippen molar-refractivity contribution >= 4 is 27.3 Å². The molecule has 4 radical (unpaired) electrons. The topological polar surface area (TPSA) is 12.0 Å². The molecule has 0 bridgehead atoms. The molecule has 0 spiro atoms. The zero-order valence-corrected chi connectivity index (χ0v) is 10.0.